The lowest BCUT2D eigenvalue weighted by Gasteiger charge is -2.10. The van der Waals surface area contributed by atoms with E-state index in [4.69, 9.17) is 23.2 Å². The van der Waals surface area contributed by atoms with E-state index in [2.05, 4.69) is 31.4 Å². The highest BCUT2D eigenvalue weighted by Gasteiger charge is 2.18. The lowest BCUT2D eigenvalue weighted by Crippen LogP contribution is -2.15. The third-order valence-corrected chi connectivity index (χ3v) is 6.07. The maximum atomic E-state index is 12.3. The van der Waals surface area contributed by atoms with Gasteiger partial charge in [0.25, 0.3) is 0 Å². The van der Waals surface area contributed by atoms with Gasteiger partial charge in [-0.1, -0.05) is 57.0 Å². The fraction of sp³-hybridized carbons (Fsp3) is 0.167. The van der Waals surface area contributed by atoms with Crippen LogP contribution in [0.25, 0.3) is 11.4 Å². The fourth-order valence-electron chi connectivity index (χ4n) is 2.48. The number of carbonyl (C=O) groups excluding carboxylic acids is 1. The summed E-state index contributed by atoms with van der Waals surface area (Å²) in [6, 6.07) is 10.1. The van der Waals surface area contributed by atoms with Crippen LogP contribution in [-0.2, 0) is 11.3 Å². The number of hydrogen-bond donors (Lipinski definition) is 2. The lowest BCUT2D eigenvalue weighted by atomic mass is 10.2. The minimum Gasteiger partial charge on any atom is -0.507 e. The Kier molecular flexibility index (Phi) is 6.87. The van der Waals surface area contributed by atoms with E-state index in [1.165, 1.54) is 11.8 Å². The Hall–Kier alpha value is -1.74. The molecule has 1 amide bonds. The highest BCUT2D eigenvalue weighted by molar-refractivity contribution is 9.10. The Morgan fingerprint density at radius 1 is 1.29 bits per heavy atom. The molecule has 0 unspecified atom stereocenters. The van der Waals surface area contributed by atoms with Crippen molar-refractivity contribution in [1.29, 1.82) is 0 Å². The van der Waals surface area contributed by atoms with Gasteiger partial charge in [-0.25, -0.2) is 0 Å². The zero-order chi connectivity index (χ0) is 20.3. The van der Waals surface area contributed by atoms with Crippen molar-refractivity contribution in [2.24, 2.45) is 0 Å². The molecule has 0 atom stereocenters. The number of carbonyl (C=O) groups is 1. The van der Waals surface area contributed by atoms with E-state index in [1.54, 1.807) is 36.4 Å². The minimum absolute atomic E-state index is 0.107. The third kappa shape index (κ3) is 4.63. The maximum absolute atomic E-state index is 12.3. The number of phenols is 1. The van der Waals surface area contributed by atoms with E-state index in [-0.39, 0.29) is 17.4 Å². The van der Waals surface area contributed by atoms with Crippen LogP contribution in [0.1, 0.15) is 6.92 Å². The topological polar surface area (TPSA) is 80.0 Å². The molecule has 28 heavy (non-hydrogen) atoms. The van der Waals surface area contributed by atoms with Crippen LogP contribution < -0.4 is 5.32 Å². The van der Waals surface area contributed by atoms with Gasteiger partial charge in [0.05, 0.1) is 27.0 Å². The Morgan fingerprint density at radius 2 is 2.07 bits per heavy atom. The number of nitrogens with zero attached hydrogens (tertiary/aromatic N) is 3. The van der Waals surface area contributed by atoms with Gasteiger partial charge >= 0.3 is 0 Å². The average molecular weight is 502 g/mol. The molecule has 10 heteroatoms. The molecule has 146 valence electrons. The summed E-state index contributed by atoms with van der Waals surface area (Å²) in [5.74, 6) is 0.509. The predicted molar refractivity (Wildman–Crippen MR) is 116 cm³/mol. The third-order valence-electron chi connectivity index (χ3n) is 3.79. The number of phenolic OH excluding ortho intramolecular Hbond substituents is 1. The predicted octanol–water partition coefficient (Wildman–Crippen LogP) is 5.47. The van der Waals surface area contributed by atoms with Gasteiger partial charge in [0.1, 0.15) is 5.75 Å². The van der Waals surface area contributed by atoms with E-state index in [9.17, 15) is 9.90 Å². The van der Waals surface area contributed by atoms with Crippen molar-refractivity contribution in [2.75, 3.05) is 11.1 Å². The number of amides is 1. The quantitative estimate of drug-likeness (QED) is 0.437. The number of halogens is 3. The molecule has 0 saturated carbocycles. The van der Waals surface area contributed by atoms with Gasteiger partial charge in [-0.3, -0.25) is 4.79 Å². The average Bonchev–Trinajstić information content (AvgIpc) is 3.08. The SMILES string of the molecule is CCn1c(SCC(=O)Nc2cccc(Cl)c2Cl)nnc1-c1cc(Br)ccc1O. The van der Waals surface area contributed by atoms with Crippen LogP contribution in [0.4, 0.5) is 5.69 Å². The molecule has 0 aliphatic rings. The molecular formula is C18H15BrCl2N4O2S. The highest BCUT2D eigenvalue weighted by atomic mass is 79.9. The molecule has 3 aromatic rings. The second kappa shape index (κ2) is 9.17. The summed E-state index contributed by atoms with van der Waals surface area (Å²) in [6.45, 7) is 2.52. The first-order valence-corrected chi connectivity index (χ1v) is 10.7. The molecule has 1 aromatic heterocycles. The van der Waals surface area contributed by atoms with Gasteiger partial charge in [-0.05, 0) is 37.3 Å². The molecular weight excluding hydrogens is 487 g/mol. The number of benzene rings is 2. The molecule has 0 saturated heterocycles. The standard InChI is InChI=1S/C18H15BrCl2N4O2S/c1-2-25-17(11-8-10(19)6-7-14(11)26)23-24-18(25)28-9-15(27)22-13-5-3-4-12(20)16(13)21/h3-8,26H,2,9H2,1H3,(H,22,27). The monoisotopic (exact) mass is 500 g/mol. The smallest absolute Gasteiger partial charge is 0.234 e. The van der Waals surface area contributed by atoms with Crippen LogP contribution in [0.3, 0.4) is 0 Å². The number of thioether (sulfide) groups is 1. The maximum Gasteiger partial charge on any atom is 0.234 e. The summed E-state index contributed by atoms with van der Waals surface area (Å²) < 4.78 is 2.66. The molecule has 3 rings (SSSR count). The van der Waals surface area contributed by atoms with Gasteiger partial charge in [-0.15, -0.1) is 10.2 Å². The normalized spacial score (nSPS) is 10.9. The van der Waals surface area contributed by atoms with Gasteiger partial charge in [-0.2, -0.15) is 0 Å². The van der Waals surface area contributed by atoms with Crippen LogP contribution in [0, 0.1) is 0 Å². The summed E-state index contributed by atoms with van der Waals surface area (Å²) in [6.07, 6.45) is 0. The molecule has 0 spiro atoms. The van der Waals surface area contributed by atoms with E-state index in [0.717, 1.165) is 4.47 Å². The number of aromatic nitrogens is 3. The summed E-state index contributed by atoms with van der Waals surface area (Å²) in [5, 5.41) is 22.5. The second-order valence-corrected chi connectivity index (χ2v) is 8.29. The molecule has 0 aliphatic heterocycles. The first kappa shape index (κ1) is 21.0. The van der Waals surface area contributed by atoms with E-state index in [1.807, 2.05) is 11.5 Å². The van der Waals surface area contributed by atoms with E-state index >= 15 is 0 Å². The molecule has 0 fully saturated rings. The van der Waals surface area contributed by atoms with E-state index in [0.29, 0.717) is 38.8 Å². The number of anilines is 1. The van der Waals surface area contributed by atoms with Crippen molar-refractivity contribution < 1.29 is 9.90 Å². The lowest BCUT2D eigenvalue weighted by molar-refractivity contribution is -0.113. The Labute approximate surface area is 184 Å². The molecule has 2 aromatic carbocycles. The minimum atomic E-state index is -0.244. The number of aromatic hydroxyl groups is 1. The molecule has 2 N–H and O–H groups in total. The van der Waals surface area contributed by atoms with Gasteiger partial charge < -0.3 is 15.0 Å². The van der Waals surface area contributed by atoms with E-state index < -0.39 is 0 Å². The van der Waals surface area contributed by atoms with Crippen molar-refractivity contribution >= 4 is 62.5 Å². The Bertz CT molecular complexity index is 1030. The summed E-state index contributed by atoms with van der Waals surface area (Å²) in [5.41, 5.74) is 1.02. The van der Waals surface area contributed by atoms with Gasteiger partial charge in [0.2, 0.25) is 5.91 Å². The zero-order valence-electron chi connectivity index (χ0n) is 14.6. The fourth-order valence-corrected chi connectivity index (χ4v) is 4.00. The Morgan fingerprint density at radius 3 is 2.82 bits per heavy atom. The van der Waals surface area contributed by atoms with Gasteiger partial charge in [0.15, 0.2) is 11.0 Å². The van der Waals surface area contributed by atoms with Crippen molar-refractivity contribution in [3.63, 3.8) is 0 Å². The van der Waals surface area contributed by atoms with Crippen molar-refractivity contribution in [3.05, 3.63) is 50.9 Å². The van der Waals surface area contributed by atoms with Crippen molar-refractivity contribution in [2.45, 2.75) is 18.6 Å². The van der Waals surface area contributed by atoms with Crippen LogP contribution in [0.15, 0.2) is 46.0 Å². The van der Waals surface area contributed by atoms with Crippen LogP contribution in [0.2, 0.25) is 10.0 Å². The number of rotatable bonds is 6. The first-order chi connectivity index (χ1) is 13.4. The Balaban J connectivity index is 1.75. The summed E-state index contributed by atoms with van der Waals surface area (Å²) in [4.78, 5) is 12.3. The molecule has 0 radical (unpaired) electrons. The van der Waals surface area contributed by atoms with Gasteiger partial charge in [0, 0.05) is 11.0 Å². The first-order valence-electron chi connectivity index (χ1n) is 8.19. The van der Waals surface area contributed by atoms with Crippen LogP contribution in [0.5, 0.6) is 5.75 Å². The van der Waals surface area contributed by atoms with Crippen molar-refractivity contribution in [1.82, 2.24) is 14.8 Å². The van der Waals surface area contributed by atoms with Crippen molar-refractivity contribution in [3.8, 4) is 17.1 Å². The van der Waals surface area contributed by atoms with Crippen LogP contribution in [-0.4, -0.2) is 31.5 Å². The molecule has 0 bridgehead atoms. The molecule has 6 nitrogen and oxygen atoms in total. The summed E-state index contributed by atoms with van der Waals surface area (Å²) in [7, 11) is 0. The number of hydrogen-bond acceptors (Lipinski definition) is 5. The summed E-state index contributed by atoms with van der Waals surface area (Å²) >= 11 is 16.7. The molecule has 1 heterocycles. The molecule has 0 aliphatic carbocycles. The number of nitrogens with one attached hydrogen (secondary N) is 1. The largest absolute Gasteiger partial charge is 0.507 e. The second-order valence-electron chi connectivity index (χ2n) is 5.65. The zero-order valence-corrected chi connectivity index (χ0v) is 18.5. The van der Waals surface area contributed by atoms with Crippen LogP contribution >= 0.6 is 50.9 Å². The highest BCUT2D eigenvalue weighted by Crippen LogP contribution is 2.33.